The third kappa shape index (κ3) is 3.18. The van der Waals surface area contributed by atoms with E-state index in [0.29, 0.717) is 16.6 Å². The number of nitrogens with one attached hydrogen (secondary N) is 1. The quantitative estimate of drug-likeness (QED) is 0.844. The van der Waals surface area contributed by atoms with Crippen LogP contribution in [-0.4, -0.2) is 9.97 Å². The molecular formula is C13H12ClN3S. The number of benzene rings is 1. The van der Waals surface area contributed by atoms with Crippen LogP contribution in [0.3, 0.4) is 0 Å². The third-order valence-corrected chi connectivity index (χ3v) is 2.91. The molecule has 0 saturated carbocycles. The van der Waals surface area contributed by atoms with E-state index in [1.807, 2.05) is 24.4 Å². The highest BCUT2D eigenvalue weighted by molar-refractivity contribution is 7.80. The molecule has 5 heteroatoms. The number of thiocarbonyl (C=S) groups is 1. The first kappa shape index (κ1) is 12.8. The number of pyridine rings is 1. The first-order chi connectivity index (χ1) is 8.66. The van der Waals surface area contributed by atoms with Gasteiger partial charge in [-0.1, -0.05) is 29.9 Å². The van der Waals surface area contributed by atoms with Crippen molar-refractivity contribution >= 4 is 34.5 Å². The third-order valence-electron chi connectivity index (χ3n) is 2.45. The van der Waals surface area contributed by atoms with E-state index in [1.165, 1.54) is 0 Å². The average Bonchev–Trinajstić information content (AvgIpc) is 2.38. The van der Waals surface area contributed by atoms with Gasteiger partial charge in [0.15, 0.2) is 0 Å². The second-order valence-electron chi connectivity index (χ2n) is 3.77. The van der Waals surface area contributed by atoms with Crippen LogP contribution in [-0.2, 0) is 6.54 Å². The van der Waals surface area contributed by atoms with Crippen molar-refractivity contribution in [3.63, 3.8) is 0 Å². The smallest absolute Gasteiger partial charge is 0.106 e. The molecule has 3 nitrogen and oxygen atoms in total. The fourth-order valence-corrected chi connectivity index (χ4v) is 1.92. The summed E-state index contributed by atoms with van der Waals surface area (Å²) in [5.41, 5.74) is 8.38. The molecule has 0 unspecified atom stereocenters. The molecule has 0 atom stereocenters. The molecule has 0 aliphatic carbocycles. The van der Waals surface area contributed by atoms with E-state index < -0.39 is 0 Å². The first-order valence-electron chi connectivity index (χ1n) is 5.39. The lowest BCUT2D eigenvalue weighted by molar-refractivity contribution is 1.11. The topological polar surface area (TPSA) is 50.9 Å². The average molecular weight is 278 g/mol. The number of nitrogens with zero attached hydrogens (tertiary/aromatic N) is 1. The fraction of sp³-hybridized carbons (Fsp3) is 0.0769. The summed E-state index contributed by atoms with van der Waals surface area (Å²) in [5.74, 6) is 0. The van der Waals surface area contributed by atoms with Gasteiger partial charge in [0, 0.05) is 35.2 Å². The molecule has 0 amide bonds. The van der Waals surface area contributed by atoms with Crippen LogP contribution in [0.4, 0.5) is 5.69 Å². The van der Waals surface area contributed by atoms with Crippen molar-refractivity contribution in [3.8, 4) is 0 Å². The Labute approximate surface area is 116 Å². The Morgan fingerprint density at radius 2 is 2.22 bits per heavy atom. The molecule has 18 heavy (non-hydrogen) atoms. The Bertz CT molecular complexity index is 557. The Morgan fingerprint density at radius 1 is 1.39 bits per heavy atom. The zero-order chi connectivity index (χ0) is 13.0. The molecule has 0 radical (unpaired) electrons. The highest BCUT2D eigenvalue weighted by atomic mass is 35.5. The number of halogens is 1. The van der Waals surface area contributed by atoms with Crippen molar-refractivity contribution in [1.82, 2.24) is 4.98 Å². The molecule has 0 bridgehead atoms. The van der Waals surface area contributed by atoms with Crippen molar-refractivity contribution in [1.29, 1.82) is 0 Å². The normalized spacial score (nSPS) is 10.1. The minimum atomic E-state index is 0.325. The van der Waals surface area contributed by atoms with Gasteiger partial charge in [-0.05, 0) is 29.8 Å². The van der Waals surface area contributed by atoms with Crippen LogP contribution in [0, 0.1) is 0 Å². The van der Waals surface area contributed by atoms with Crippen LogP contribution in [0.1, 0.15) is 11.1 Å². The van der Waals surface area contributed by atoms with Crippen LogP contribution < -0.4 is 11.1 Å². The Kier molecular flexibility index (Phi) is 4.12. The number of nitrogens with two attached hydrogens (primary N) is 1. The second-order valence-corrected chi connectivity index (χ2v) is 4.65. The maximum Gasteiger partial charge on any atom is 0.106 e. The monoisotopic (exact) mass is 277 g/mol. The number of hydrogen-bond acceptors (Lipinski definition) is 3. The molecule has 0 spiro atoms. The largest absolute Gasteiger partial charge is 0.389 e. The predicted octanol–water partition coefficient (Wildman–Crippen LogP) is 2.98. The van der Waals surface area contributed by atoms with Crippen LogP contribution in [0.2, 0.25) is 5.02 Å². The van der Waals surface area contributed by atoms with Crippen molar-refractivity contribution < 1.29 is 0 Å². The van der Waals surface area contributed by atoms with Gasteiger partial charge in [-0.25, -0.2) is 0 Å². The van der Waals surface area contributed by atoms with Gasteiger partial charge in [0.2, 0.25) is 0 Å². The molecule has 0 aliphatic heterocycles. The summed E-state index contributed by atoms with van der Waals surface area (Å²) in [6, 6.07) is 9.32. The highest BCUT2D eigenvalue weighted by Crippen LogP contribution is 2.21. The second kappa shape index (κ2) is 5.80. The van der Waals surface area contributed by atoms with Crippen molar-refractivity contribution in [3.05, 3.63) is 58.9 Å². The molecule has 2 aromatic rings. The van der Waals surface area contributed by atoms with E-state index in [-0.39, 0.29) is 0 Å². The highest BCUT2D eigenvalue weighted by Gasteiger charge is 2.05. The van der Waals surface area contributed by atoms with Gasteiger partial charge in [-0.3, -0.25) is 4.98 Å². The van der Waals surface area contributed by atoms with Gasteiger partial charge in [-0.15, -0.1) is 0 Å². The lowest BCUT2D eigenvalue weighted by atomic mass is 10.1. The molecule has 2 rings (SSSR count). The molecule has 92 valence electrons. The van der Waals surface area contributed by atoms with Gasteiger partial charge < -0.3 is 11.1 Å². The molecule has 1 aromatic carbocycles. The molecule has 1 heterocycles. The van der Waals surface area contributed by atoms with Gasteiger partial charge >= 0.3 is 0 Å². The van der Waals surface area contributed by atoms with E-state index in [1.54, 1.807) is 18.3 Å². The Morgan fingerprint density at radius 3 is 2.89 bits per heavy atom. The molecule has 3 N–H and O–H groups in total. The predicted molar refractivity (Wildman–Crippen MR) is 78.9 cm³/mol. The number of rotatable bonds is 4. The maximum absolute atomic E-state index is 5.93. The summed E-state index contributed by atoms with van der Waals surface area (Å²) in [7, 11) is 0. The molecule has 1 aromatic heterocycles. The van der Waals surface area contributed by atoms with Crippen LogP contribution in [0.5, 0.6) is 0 Å². The van der Waals surface area contributed by atoms with Crippen molar-refractivity contribution in [2.75, 3.05) is 5.32 Å². The summed E-state index contributed by atoms with van der Waals surface area (Å²) >= 11 is 10.9. The van der Waals surface area contributed by atoms with E-state index in [0.717, 1.165) is 16.8 Å². The van der Waals surface area contributed by atoms with E-state index >= 15 is 0 Å². The van der Waals surface area contributed by atoms with Crippen LogP contribution in [0.25, 0.3) is 0 Å². The van der Waals surface area contributed by atoms with E-state index in [2.05, 4.69) is 10.3 Å². The van der Waals surface area contributed by atoms with E-state index in [9.17, 15) is 0 Å². The van der Waals surface area contributed by atoms with Crippen LogP contribution in [0.15, 0.2) is 42.7 Å². The lowest BCUT2D eigenvalue weighted by Gasteiger charge is -2.11. The van der Waals surface area contributed by atoms with Crippen LogP contribution >= 0.6 is 23.8 Å². The summed E-state index contributed by atoms with van der Waals surface area (Å²) in [6.07, 6.45) is 3.55. The maximum atomic E-state index is 5.93. The SMILES string of the molecule is NC(=S)c1cc(Cl)ccc1NCc1cccnc1. The van der Waals surface area contributed by atoms with Gasteiger partial charge in [-0.2, -0.15) is 0 Å². The summed E-state index contributed by atoms with van der Waals surface area (Å²) in [4.78, 5) is 4.38. The first-order valence-corrected chi connectivity index (χ1v) is 6.17. The molecule has 0 fully saturated rings. The summed E-state index contributed by atoms with van der Waals surface area (Å²) in [5, 5.41) is 3.89. The van der Waals surface area contributed by atoms with Crippen molar-refractivity contribution in [2.24, 2.45) is 5.73 Å². The number of hydrogen-bond donors (Lipinski definition) is 2. The Hall–Kier alpha value is -1.65. The zero-order valence-electron chi connectivity index (χ0n) is 9.56. The molecule has 0 aliphatic rings. The minimum absolute atomic E-state index is 0.325. The van der Waals surface area contributed by atoms with Gasteiger partial charge in [0.1, 0.15) is 4.99 Å². The number of aromatic nitrogens is 1. The summed E-state index contributed by atoms with van der Waals surface area (Å²) < 4.78 is 0. The molecular weight excluding hydrogens is 266 g/mol. The molecule has 0 saturated heterocycles. The lowest BCUT2D eigenvalue weighted by Crippen LogP contribution is -2.13. The summed E-state index contributed by atoms with van der Waals surface area (Å²) in [6.45, 7) is 0.658. The number of anilines is 1. The fourth-order valence-electron chi connectivity index (χ4n) is 1.57. The minimum Gasteiger partial charge on any atom is -0.389 e. The zero-order valence-corrected chi connectivity index (χ0v) is 11.1. The standard InChI is InChI=1S/C13H12ClN3S/c14-10-3-4-12(11(6-10)13(15)18)17-8-9-2-1-5-16-7-9/h1-7,17H,8H2,(H2,15,18). The Balaban J connectivity index is 2.17. The van der Waals surface area contributed by atoms with E-state index in [4.69, 9.17) is 29.6 Å². The van der Waals surface area contributed by atoms with Gasteiger partial charge in [0.25, 0.3) is 0 Å². The van der Waals surface area contributed by atoms with Crippen molar-refractivity contribution in [2.45, 2.75) is 6.54 Å². The van der Waals surface area contributed by atoms with Gasteiger partial charge in [0.05, 0.1) is 0 Å².